The first-order chi connectivity index (χ1) is 11.2. The molecule has 1 atom stereocenters. The van der Waals surface area contributed by atoms with Gasteiger partial charge in [0.15, 0.2) is 0 Å². The second-order valence-electron chi connectivity index (χ2n) is 5.92. The summed E-state index contributed by atoms with van der Waals surface area (Å²) >= 11 is 0. The number of nitrogens with zero attached hydrogens (tertiary/aromatic N) is 3. The van der Waals surface area contributed by atoms with Crippen molar-refractivity contribution in [1.29, 1.82) is 0 Å². The Morgan fingerprint density at radius 1 is 1.17 bits per heavy atom. The topological polar surface area (TPSA) is 62.5 Å². The summed E-state index contributed by atoms with van der Waals surface area (Å²) in [6, 6.07) is 12.0. The Morgan fingerprint density at radius 2 is 1.87 bits per heavy atom. The van der Waals surface area contributed by atoms with Gasteiger partial charge in [-0.05, 0) is 29.7 Å². The van der Waals surface area contributed by atoms with Gasteiger partial charge in [-0.25, -0.2) is 4.98 Å². The van der Waals surface area contributed by atoms with Crippen LogP contribution < -0.4 is 10.6 Å². The Morgan fingerprint density at radius 3 is 2.48 bits per heavy atom. The summed E-state index contributed by atoms with van der Waals surface area (Å²) in [5.41, 5.74) is 9.66. The lowest BCUT2D eigenvalue weighted by atomic mass is 9.97. The van der Waals surface area contributed by atoms with E-state index in [9.17, 15) is 4.79 Å². The lowest BCUT2D eigenvalue weighted by molar-refractivity contribution is -0.118. The summed E-state index contributed by atoms with van der Waals surface area (Å²) in [4.78, 5) is 19.4. The Hall–Kier alpha value is -2.40. The molecule has 5 nitrogen and oxygen atoms in total. The van der Waals surface area contributed by atoms with E-state index in [0.717, 1.165) is 55.1 Å². The maximum absolute atomic E-state index is 10.8. The second-order valence-corrected chi connectivity index (χ2v) is 5.92. The van der Waals surface area contributed by atoms with Crippen LogP contribution in [0.5, 0.6) is 0 Å². The van der Waals surface area contributed by atoms with E-state index < -0.39 is 0 Å². The average Bonchev–Trinajstić information content (AvgIpc) is 2.62. The molecule has 0 saturated carbocycles. The lowest BCUT2D eigenvalue weighted by Gasteiger charge is -2.33. The van der Waals surface area contributed by atoms with E-state index in [0.29, 0.717) is 0 Å². The number of aryl methyl sites for hydroxylation is 1. The Labute approximate surface area is 136 Å². The maximum atomic E-state index is 10.8. The van der Waals surface area contributed by atoms with Crippen molar-refractivity contribution < 1.29 is 4.79 Å². The van der Waals surface area contributed by atoms with Crippen molar-refractivity contribution in [2.24, 2.45) is 5.73 Å². The van der Waals surface area contributed by atoms with Gasteiger partial charge in [0.05, 0.1) is 6.04 Å². The number of anilines is 1. The highest BCUT2D eigenvalue weighted by Gasteiger charge is 2.18. The third-order valence-corrected chi connectivity index (χ3v) is 4.42. The van der Waals surface area contributed by atoms with Crippen LogP contribution in [0.4, 0.5) is 5.82 Å². The van der Waals surface area contributed by atoms with E-state index in [-0.39, 0.29) is 6.04 Å². The zero-order valence-corrected chi connectivity index (χ0v) is 13.4. The van der Waals surface area contributed by atoms with Crippen molar-refractivity contribution in [2.75, 3.05) is 31.1 Å². The predicted octanol–water partition coefficient (Wildman–Crippen LogP) is 1.72. The second kappa shape index (κ2) is 6.79. The first kappa shape index (κ1) is 15.5. The minimum atomic E-state index is -0.162. The number of carbonyl (C=O) groups is 1. The highest BCUT2D eigenvalue weighted by atomic mass is 16.1. The molecule has 2 aromatic rings. The van der Waals surface area contributed by atoms with Crippen molar-refractivity contribution in [3.05, 3.63) is 59.3 Å². The molecule has 1 fully saturated rings. The van der Waals surface area contributed by atoms with Gasteiger partial charge in [-0.2, -0.15) is 0 Å². The van der Waals surface area contributed by atoms with Gasteiger partial charge in [-0.15, -0.1) is 0 Å². The van der Waals surface area contributed by atoms with Gasteiger partial charge in [0.1, 0.15) is 5.82 Å². The molecule has 5 heteroatoms. The SMILES string of the molecule is Cc1cc(N2CCN(C=O)CC2)ncc1C(N)c1ccccc1. The average molecular weight is 310 g/mol. The van der Waals surface area contributed by atoms with Gasteiger partial charge in [0.2, 0.25) is 6.41 Å². The van der Waals surface area contributed by atoms with E-state index in [1.165, 1.54) is 0 Å². The molecule has 3 rings (SSSR count). The Bertz CT molecular complexity index is 666. The van der Waals surface area contributed by atoms with E-state index in [1.54, 1.807) is 4.90 Å². The Kier molecular flexibility index (Phi) is 4.57. The first-order valence-corrected chi connectivity index (χ1v) is 7.90. The molecule has 1 aromatic heterocycles. The van der Waals surface area contributed by atoms with Crippen LogP contribution in [-0.2, 0) is 4.79 Å². The molecular formula is C18H22N4O. The number of hydrogen-bond donors (Lipinski definition) is 1. The van der Waals surface area contributed by atoms with Crippen LogP contribution in [-0.4, -0.2) is 42.5 Å². The number of pyridine rings is 1. The first-order valence-electron chi connectivity index (χ1n) is 7.90. The molecule has 1 aromatic carbocycles. The fraction of sp³-hybridized carbons (Fsp3) is 0.333. The number of benzene rings is 1. The summed E-state index contributed by atoms with van der Waals surface area (Å²) < 4.78 is 0. The molecule has 1 unspecified atom stereocenters. The van der Waals surface area contributed by atoms with E-state index in [2.05, 4.69) is 22.9 Å². The zero-order valence-electron chi connectivity index (χ0n) is 13.4. The largest absolute Gasteiger partial charge is 0.353 e. The number of nitrogens with two attached hydrogens (primary N) is 1. The van der Waals surface area contributed by atoms with Crippen molar-refractivity contribution in [1.82, 2.24) is 9.88 Å². The normalized spacial score (nSPS) is 16.3. The van der Waals surface area contributed by atoms with Crippen LogP contribution in [0.15, 0.2) is 42.6 Å². The van der Waals surface area contributed by atoms with E-state index in [1.807, 2.05) is 36.5 Å². The number of aromatic nitrogens is 1. The summed E-state index contributed by atoms with van der Waals surface area (Å²) in [6.45, 7) is 5.19. The molecule has 1 saturated heterocycles. The number of carbonyl (C=O) groups excluding carboxylic acids is 1. The van der Waals surface area contributed by atoms with Crippen molar-refractivity contribution in [3.63, 3.8) is 0 Å². The lowest BCUT2D eigenvalue weighted by Crippen LogP contribution is -2.46. The quantitative estimate of drug-likeness (QED) is 0.874. The van der Waals surface area contributed by atoms with Gasteiger partial charge in [-0.3, -0.25) is 4.79 Å². The summed E-state index contributed by atoms with van der Waals surface area (Å²) in [7, 11) is 0. The van der Waals surface area contributed by atoms with Crippen LogP contribution in [0.2, 0.25) is 0 Å². The molecule has 1 aliphatic rings. The molecule has 23 heavy (non-hydrogen) atoms. The summed E-state index contributed by atoms with van der Waals surface area (Å²) in [6.07, 6.45) is 2.80. The monoisotopic (exact) mass is 310 g/mol. The molecule has 1 aliphatic heterocycles. The molecule has 0 bridgehead atoms. The van der Waals surface area contributed by atoms with Crippen LogP contribution in [0, 0.1) is 6.92 Å². The molecule has 1 amide bonds. The smallest absolute Gasteiger partial charge is 0.209 e. The van der Waals surface area contributed by atoms with Gasteiger partial charge < -0.3 is 15.5 Å². The molecular weight excluding hydrogens is 288 g/mol. The summed E-state index contributed by atoms with van der Waals surface area (Å²) in [5, 5.41) is 0. The van der Waals surface area contributed by atoms with Crippen LogP contribution in [0.1, 0.15) is 22.7 Å². The molecule has 2 heterocycles. The number of amides is 1. The fourth-order valence-corrected chi connectivity index (χ4v) is 2.95. The number of hydrogen-bond acceptors (Lipinski definition) is 4. The van der Waals surface area contributed by atoms with Crippen molar-refractivity contribution >= 4 is 12.2 Å². The van der Waals surface area contributed by atoms with Crippen LogP contribution >= 0.6 is 0 Å². The van der Waals surface area contributed by atoms with Crippen molar-refractivity contribution in [2.45, 2.75) is 13.0 Å². The third-order valence-electron chi connectivity index (χ3n) is 4.42. The Balaban J connectivity index is 1.77. The van der Waals surface area contributed by atoms with Gasteiger partial charge >= 0.3 is 0 Å². The standard InChI is InChI=1S/C18H22N4O/c1-14-11-17(22-9-7-21(13-23)8-10-22)20-12-16(14)18(19)15-5-3-2-4-6-15/h2-6,11-13,18H,7-10,19H2,1H3. The zero-order chi connectivity index (χ0) is 16.2. The van der Waals surface area contributed by atoms with E-state index >= 15 is 0 Å². The van der Waals surface area contributed by atoms with Crippen molar-refractivity contribution in [3.8, 4) is 0 Å². The van der Waals surface area contributed by atoms with Gasteiger partial charge in [0.25, 0.3) is 0 Å². The van der Waals surface area contributed by atoms with Gasteiger partial charge in [-0.1, -0.05) is 30.3 Å². The highest BCUT2D eigenvalue weighted by Crippen LogP contribution is 2.25. The molecule has 0 spiro atoms. The minimum absolute atomic E-state index is 0.162. The molecule has 2 N–H and O–H groups in total. The minimum Gasteiger partial charge on any atom is -0.353 e. The van der Waals surface area contributed by atoms with Crippen LogP contribution in [0.3, 0.4) is 0 Å². The fourth-order valence-electron chi connectivity index (χ4n) is 2.95. The third kappa shape index (κ3) is 3.35. The number of piperazine rings is 1. The highest BCUT2D eigenvalue weighted by molar-refractivity contribution is 5.50. The predicted molar refractivity (Wildman–Crippen MR) is 91.3 cm³/mol. The molecule has 0 radical (unpaired) electrons. The maximum Gasteiger partial charge on any atom is 0.209 e. The molecule has 0 aliphatic carbocycles. The molecule has 120 valence electrons. The number of rotatable bonds is 4. The summed E-state index contributed by atoms with van der Waals surface area (Å²) in [5.74, 6) is 0.956. The van der Waals surface area contributed by atoms with E-state index in [4.69, 9.17) is 5.73 Å². The van der Waals surface area contributed by atoms with Crippen LogP contribution in [0.25, 0.3) is 0 Å². The van der Waals surface area contributed by atoms with Gasteiger partial charge in [0, 0.05) is 32.4 Å².